The number of rotatable bonds is 5. The number of carbonyl (C=O) groups is 2. The molecular weight excluding hydrogens is 464 g/mol. The summed E-state index contributed by atoms with van der Waals surface area (Å²) >= 11 is 0. The summed E-state index contributed by atoms with van der Waals surface area (Å²) in [5.74, 6) is 0.504. The Bertz CT molecular complexity index is 1390. The van der Waals surface area contributed by atoms with Gasteiger partial charge in [0.05, 0.1) is 28.2 Å². The van der Waals surface area contributed by atoms with Crippen molar-refractivity contribution in [2.24, 2.45) is 10.4 Å². The van der Waals surface area contributed by atoms with E-state index in [0.717, 1.165) is 16.8 Å². The van der Waals surface area contributed by atoms with Gasteiger partial charge in [-0.25, -0.2) is 0 Å². The summed E-state index contributed by atoms with van der Waals surface area (Å²) < 4.78 is 5.51. The molecule has 1 saturated carbocycles. The molecule has 1 unspecified atom stereocenters. The molecule has 1 fully saturated rings. The second-order valence-electron chi connectivity index (χ2n) is 11.0. The van der Waals surface area contributed by atoms with E-state index < -0.39 is 0 Å². The first kappa shape index (κ1) is 24.9. The second-order valence-corrected chi connectivity index (χ2v) is 11.0. The van der Waals surface area contributed by atoms with E-state index in [1.54, 1.807) is 0 Å². The van der Waals surface area contributed by atoms with E-state index in [1.165, 1.54) is 0 Å². The van der Waals surface area contributed by atoms with Gasteiger partial charge in [-0.3, -0.25) is 14.6 Å². The van der Waals surface area contributed by atoms with Crippen LogP contribution in [0.15, 0.2) is 75.4 Å². The van der Waals surface area contributed by atoms with Gasteiger partial charge in [0.25, 0.3) is 0 Å². The number of ketones is 2. The molecule has 1 atom stereocenters. The van der Waals surface area contributed by atoms with Gasteiger partial charge in [0, 0.05) is 32.1 Å². The Morgan fingerprint density at radius 1 is 1.03 bits per heavy atom. The van der Waals surface area contributed by atoms with Crippen molar-refractivity contribution >= 4 is 23.0 Å². The number of carbonyl (C=O) groups excluding carboxylic acids is 2. The second kappa shape index (κ2) is 9.92. The smallest absolute Gasteiger partial charge is 0.168 e. The van der Waals surface area contributed by atoms with Crippen molar-refractivity contribution in [2.75, 3.05) is 0 Å². The molecule has 190 valence electrons. The molecule has 1 N–H and O–H groups in total. The third kappa shape index (κ3) is 5.33. The topological polar surface area (TPSA) is 92.8 Å². The average Bonchev–Trinajstić information content (AvgIpc) is 3.26. The highest BCUT2D eigenvalue weighted by Crippen LogP contribution is 2.38. The predicted molar refractivity (Wildman–Crippen MR) is 143 cm³/mol. The van der Waals surface area contributed by atoms with Crippen LogP contribution in [0.1, 0.15) is 78.4 Å². The van der Waals surface area contributed by atoms with Gasteiger partial charge in [0.2, 0.25) is 0 Å². The molecule has 0 saturated heterocycles. The van der Waals surface area contributed by atoms with Crippen LogP contribution in [0.5, 0.6) is 0 Å². The monoisotopic (exact) mass is 496 g/mol. The van der Waals surface area contributed by atoms with Crippen LogP contribution in [-0.2, 0) is 17.6 Å². The minimum atomic E-state index is -0.157. The third-order valence-electron chi connectivity index (χ3n) is 7.29. The van der Waals surface area contributed by atoms with Crippen LogP contribution in [0.25, 0.3) is 0 Å². The number of allylic oxidation sites excluding steroid dienone is 2. The fourth-order valence-corrected chi connectivity index (χ4v) is 5.41. The maximum absolute atomic E-state index is 13.4. The SMILES string of the molecule is Cc1ccc(N=C2CC(c3ccccc3)CC(=O)C2=C(O)CCc2noc3c2C(=O)CC(C)(C)C3)cc1. The number of Topliss-reactive ketones (excluding diaryl/α,β-unsaturated/α-hetero) is 2. The summed E-state index contributed by atoms with van der Waals surface area (Å²) in [5, 5.41) is 15.3. The minimum absolute atomic E-state index is 0.00187. The van der Waals surface area contributed by atoms with Gasteiger partial charge in [0.1, 0.15) is 11.5 Å². The van der Waals surface area contributed by atoms with Crippen molar-refractivity contribution < 1.29 is 19.2 Å². The number of aliphatic hydroxyl groups excluding tert-OH is 1. The number of aromatic nitrogens is 1. The quantitative estimate of drug-likeness (QED) is 0.310. The van der Waals surface area contributed by atoms with E-state index >= 15 is 0 Å². The van der Waals surface area contributed by atoms with Crippen LogP contribution >= 0.6 is 0 Å². The first-order valence-corrected chi connectivity index (χ1v) is 12.9. The van der Waals surface area contributed by atoms with E-state index in [1.807, 2.05) is 75.4 Å². The van der Waals surface area contributed by atoms with E-state index in [2.05, 4.69) is 5.16 Å². The fraction of sp³-hybridized carbons (Fsp3) is 0.355. The number of aliphatic hydroxyl groups is 1. The molecular formula is C31H32N2O4. The molecule has 3 aromatic rings. The van der Waals surface area contributed by atoms with Crippen LogP contribution in [-0.4, -0.2) is 27.5 Å². The molecule has 1 aromatic heterocycles. The van der Waals surface area contributed by atoms with E-state index in [-0.39, 0.29) is 40.7 Å². The molecule has 2 aliphatic carbocycles. The van der Waals surface area contributed by atoms with Gasteiger partial charge in [-0.15, -0.1) is 0 Å². The Kier molecular flexibility index (Phi) is 6.67. The maximum Gasteiger partial charge on any atom is 0.168 e. The summed E-state index contributed by atoms with van der Waals surface area (Å²) in [6, 6.07) is 17.8. The lowest BCUT2D eigenvalue weighted by Crippen LogP contribution is -2.27. The standard InChI is InChI=1S/C31H32N2O4/c1-19-9-11-22(12-10-19)32-24-15-21(20-7-5-4-6-8-20)16-26(35)29(24)25(34)14-13-23-30-27(36)17-31(2,3)18-28(30)37-33-23/h4-12,21,34H,13-18H2,1-3H3. The minimum Gasteiger partial charge on any atom is -0.511 e. The molecule has 0 aliphatic heterocycles. The van der Waals surface area contributed by atoms with Gasteiger partial charge in [-0.2, -0.15) is 0 Å². The zero-order chi connectivity index (χ0) is 26.2. The zero-order valence-corrected chi connectivity index (χ0v) is 21.6. The third-order valence-corrected chi connectivity index (χ3v) is 7.29. The number of hydrogen-bond acceptors (Lipinski definition) is 6. The largest absolute Gasteiger partial charge is 0.511 e. The molecule has 1 heterocycles. The maximum atomic E-state index is 13.4. The fourth-order valence-electron chi connectivity index (χ4n) is 5.41. The van der Waals surface area contributed by atoms with Gasteiger partial charge < -0.3 is 9.63 Å². The Hall–Kier alpha value is -3.80. The summed E-state index contributed by atoms with van der Waals surface area (Å²) in [6.45, 7) is 6.09. The van der Waals surface area contributed by atoms with Gasteiger partial charge in [0.15, 0.2) is 11.6 Å². The lowest BCUT2D eigenvalue weighted by atomic mass is 9.76. The van der Waals surface area contributed by atoms with Gasteiger partial charge in [-0.1, -0.05) is 67.0 Å². The van der Waals surface area contributed by atoms with Crippen molar-refractivity contribution in [3.63, 3.8) is 0 Å². The highest BCUT2D eigenvalue weighted by molar-refractivity contribution is 6.25. The number of aliphatic imine (C=N–C) groups is 1. The first-order chi connectivity index (χ1) is 17.7. The molecule has 0 amide bonds. The number of nitrogens with zero attached hydrogens (tertiary/aromatic N) is 2. The number of hydrogen-bond donors (Lipinski definition) is 1. The number of fused-ring (bicyclic) bond motifs is 1. The van der Waals surface area contributed by atoms with Crippen LogP contribution < -0.4 is 0 Å². The highest BCUT2D eigenvalue weighted by atomic mass is 16.5. The number of benzene rings is 2. The summed E-state index contributed by atoms with van der Waals surface area (Å²) in [4.78, 5) is 31.0. The van der Waals surface area contributed by atoms with Gasteiger partial charge >= 0.3 is 0 Å². The zero-order valence-electron chi connectivity index (χ0n) is 21.6. The molecule has 0 bridgehead atoms. The molecule has 2 aliphatic rings. The van der Waals surface area contributed by atoms with Crippen LogP contribution in [0.2, 0.25) is 0 Å². The Balaban J connectivity index is 1.45. The first-order valence-electron chi connectivity index (χ1n) is 12.9. The average molecular weight is 497 g/mol. The molecule has 0 spiro atoms. The number of aryl methyl sites for hydroxylation is 2. The van der Waals surface area contributed by atoms with E-state index in [4.69, 9.17) is 9.52 Å². The van der Waals surface area contributed by atoms with E-state index in [0.29, 0.717) is 54.8 Å². The van der Waals surface area contributed by atoms with Gasteiger partial charge in [-0.05, 0) is 42.4 Å². The normalized spacial score (nSPS) is 21.7. The lowest BCUT2D eigenvalue weighted by molar-refractivity contribution is -0.116. The Morgan fingerprint density at radius 2 is 1.76 bits per heavy atom. The van der Waals surface area contributed by atoms with Crippen LogP contribution in [0.3, 0.4) is 0 Å². The van der Waals surface area contributed by atoms with Crippen LogP contribution in [0.4, 0.5) is 5.69 Å². The van der Waals surface area contributed by atoms with Crippen molar-refractivity contribution in [1.29, 1.82) is 0 Å². The van der Waals surface area contributed by atoms with Crippen molar-refractivity contribution in [3.8, 4) is 0 Å². The van der Waals surface area contributed by atoms with Crippen LogP contribution in [0, 0.1) is 12.3 Å². The molecule has 5 rings (SSSR count). The molecule has 37 heavy (non-hydrogen) atoms. The lowest BCUT2D eigenvalue weighted by Gasteiger charge is -2.27. The highest BCUT2D eigenvalue weighted by Gasteiger charge is 2.37. The van der Waals surface area contributed by atoms with Crippen molar-refractivity contribution in [2.45, 2.75) is 65.2 Å². The Morgan fingerprint density at radius 3 is 2.49 bits per heavy atom. The molecule has 2 aromatic carbocycles. The molecule has 0 radical (unpaired) electrons. The van der Waals surface area contributed by atoms with Crippen molar-refractivity contribution in [1.82, 2.24) is 5.16 Å². The summed E-state index contributed by atoms with van der Waals surface area (Å²) in [5.41, 5.74) is 4.76. The summed E-state index contributed by atoms with van der Waals surface area (Å²) in [7, 11) is 0. The predicted octanol–water partition coefficient (Wildman–Crippen LogP) is 6.80. The van der Waals surface area contributed by atoms with Crippen molar-refractivity contribution in [3.05, 3.63) is 94.1 Å². The summed E-state index contributed by atoms with van der Waals surface area (Å²) in [6.07, 6.45) is 2.45. The molecule has 6 nitrogen and oxygen atoms in total. The Labute approximate surface area is 217 Å². The molecule has 6 heteroatoms. The van der Waals surface area contributed by atoms with E-state index in [9.17, 15) is 14.7 Å².